The fourth-order valence-corrected chi connectivity index (χ4v) is 2.88. The van der Waals surface area contributed by atoms with Gasteiger partial charge >= 0.3 is 5.97 Å². The van der Waals surface area contributed by atoms with Crippen LogP contribution >= 0.6 is 0 Å². The lowest BCUT2D eigenvalue weighted by Gasteiger charge is -2.11. The van der Waals surface area contributed by atoms with Crippen molar-refractivity contribution in [3.63, 3.8) is 0 Å². The fraction of sp³-hybridized carbons (Fsp3) is 0.417. The summed E-state index contributed by atoms with van der Waals surface area (Å²) in [6.45, 7) is 1.87. The number of carboxylic acids is 1. The first kappa shape index (κ1) is 13.7. The maximum absolute atomic E-state index is 12.1. The van der Waals surface area contributed by atoms with Crippen LogP contribution in [0.5, 0.6) is 5.75 Å². The molecular weight excluding hydrogens is 240 g/mol. The molecule has 0 aliphatic heterocycles. The highest BCUT2D eigenvalue weighted by Gasteiger charge is 2.25. The number of carbonyl (C=O) groups is 1. The first-order valence-electron chi connectivity index (χ1n) is 5.37. The zero-order valence-corrected chi connectivity index (χ0v) is 10.7. The van der Waals surface area contributed by atoms with E-state index in [0.717, 1.165) is 0 Å². The zero-order valence-electron chi connectivity index (χ0n) is 9.88. The number of aliphatic carboxylic acids is 1. The van der Waals surface area contributed by atoms with Crippen molar-refractivity contribution in [2.75, 3.05) is 7.11 Å². The number of hydrogen-bond donors (Lipinski definition) is 1. The van der Waals surface area contributed by atoms with Crippen molar-refractivity contribution in [3.05, 3.63) is 24.3 Å². The molecule has 0 heterocycles. The SMILES string of the molecule is CCCC(C(=O)O)S(=O)c1cccc(OC)c1. The number of hydrogen-bond acceptors (Lipinski definition) is 3. The second-order valence-electron chi connectivity index (χ2n) is 3.59. The van der Waals surface area contributed by atoms with E-state index >= 15 is 0 Å². The smallest absolute Gasteiger partial charge is 0.319 e. The first-order chi connectivity index (χ1) is 8.10. The molecular formula is C12H16O4S. The Bertz CT molecular complexity index is 417. The topological polar surface area (TPSA) is 63.6 Å². The predicted molar refractivity (Wildman–Crippen MR) is 65.7 cm³/mol. The third kappa shape index (κ3) is 3.56. The highest BCUT2D eigenvalue weighted by Crippen LogP contribution is 2.20. The Morgan fingerprint density at radius 3 is 2.76 bits per heavy atom. The molecule has 17 heavy (non-hydrogen) atoms. The summed E-state index contributed by atoms with van der Waals surface area (Å²) >= 11 is 0. The molecule has 0 aliphatic carbocycles. The van der Waals surface area contributed by atoms with Gasteiger partial charge in [0.2, 0.25) is 0 Å². The molecule has 0 saturated heterocycles. The minimum absolute atomic E-state index is 0.402. The van der Waals surface area contributed by atoms with Crippen LogP contribution in [-0.2, 0) is 15.6 Å². The Kier molecular flexibility index (Phi) is 5.15. The molecule has 5 heteroatoms. The third-order valence-corrected chi connectivity index (χ3v) is 4.03. The minimum Gasteiger partial charge on any atom is -0.497 e. The summed E-state index contributed by atoms with van der Waals surface area (Å²) in [5, 5.41) is 8.18. The van der Waals surface area contributed by atoms with Crippen LogP contribution in [-0.4, -0.2) is 27.6 Å². The molecule has 1 aromatic carbocycles. The summed E-state index contributed by atoms with van der Waals surface area (Å²) in [5.41, 5.74) is 0. The number of ether oxygens (including phenoxy) is 1. The summed E-state index contributed by atoms with van der Waals surface area (Å²) in [7, 11) is -0.0260. The van der Waals surface area contributed by atoms with Crippen LogP contribution in [0.1, 0.15) is 19.8 Å². The van der Waals surface area contributed by atoms with E-state index in [9.17, 15) is 9.00 Å². The molecule has 2 unspecified atom stereocenters. The Labute approximate surface area is 103 Å². The van der Waals surface area contributed by atoms with Gasteiger partial charge in [-0.05, 0) is 24.6 Å². The van der Waals surface area contributed by atoms with Crippen molar-refractivity contribution in [2.24, 2.45) is 0 Å². The summed E-state index contributed by atoms with van der Waals surface area (Å²) < 4.78 is 17.1. The number of carboxylic acid groups (broad SMARTS) is 1. The molecule has 0 spiro atoms. The van der Waals surface area contributed by atoms with Crippen LogP contribution in [0.3, 0.4) is 0 Å². The molecule has 0 aliphatic rings. The van der Waals surface area contributed by atoms with Gasteiger partial charge < -0.3 is 9.84 Å². The van der Waals surface area contributed by atoms with Crippen molar-refractivity contribution in [2.45, 2.75) is 29.9 Å². The predicted octanol–water partition coefficient (Wildman–Crippen LogP) is 2.06. The van der Waals surface area contributed by atoms with Crippen LogP contribution < -0.4 is 4.74 Å². The number of rotatable bonds is 6. The van der Waals surface area contributed by atoms with Crippen LogP contribution in [0.15, 0.2) is 29.2 Å². The van der Waals surface area contributed by atoms with Crippen LogP contribution in [0, 0.1) is 0 Å². The molecule has 1 aromatic rings. The van der Waals surface area contributed by atoms with Crippen LogP contribution in [0.25, 0.3) is 0 Å². The molecule has 1 rings (SSSR count). The van der Waals surface area contributed by atoms with Gasteiger partial charge in [-0.3, -0.25) is 9.00 Å². The van der Waals surface area contributed by atoms with E-state index in [-0.39, 0.29) is 0 Å². The van der Waals surface area contributed by atoms with Crippen molar-refractivity contribution in [3.8, 4) is 5.75 Å². The molecule has 4 nitrogen and oxygen atoms in total. The van der Waals surface area contributed by atoms with E-state index in [1.165, 1.54) is 7.11 Å². The van der Waals surface area contributed by atoms with Gasteiger partial charge in [-0.1, -0.05) is 19.4 Å². The Morgan fingerprint density at radius 2 is 2.24 bits per heavy atom. The second-order valence-corrected chi connectivity index (χ2v) is 5.23. The fourth-order valence-electron chi connectivity index (χ4n) is 1.47. The molecule has 1 N–H and O–H groups in total. The largest absolute Gasteiger partial charge is 0.497 e. The summed E-state index contributed by atoms with van der Waals surface area (Å²) in [6.07, 6.45) is 1.09. The third-order valence-electron chi connectivity index (χ3n) is 2.36. The Balaban J connectivity index is 2.96. The van der Waals surface area contributed by atoms with Crippen molar-refractivity contribution in [1.29, 1.82) is 0 Å². The van der Waals surface area contributed by atoms with Crippen LogP contribution in [0.4, 0.5) is 0 Å². The molecule has 0 saturated carbocycles. The lowest BCUT2D eigenvalue weighted by Crippen LogP contribution is -2.25. The number of methoxy groups -OCH3 is 1. The Morgan fingerprint density at radius 1 is 1.53 bits per heavy atom. The van der Waals surface area contributed by atoms with E-state index < -0.39 is 22.0 Å². The molecule has 0 radical (unpaired) electrons. The van der Waals surface area contributed by atoms with E-state index in [2.05, 4.69) is 0 Å². The maximum Gasteiger partial charge on any atom is 0.319 e. The van der Waals surface area contributed by atoms with Gasteiger partial charge in [0, 0.05) is 4.90 Å². The van der Waals surface area contributed by atoms with E-state index in [1.807, 2.05) is 6.92 Å². The van der Waals surface area contributed by atoms with Gasteiger partial charge in [-0.15, -0.1) is 0 Å². The van der Waals surface area contributed by atoms with Gasteiger partial charge in [0.25, 0.3) is 0 Å². The summed E-state index contributed by atoms with van der Waals surface area (Å²) in [6, 6.07) is 6.71. The summed E-state index contributed by atoms with van der Waals surface area (Å²) in [5.74, 6) is -0.440. The van der Waals surface area contributed by atoms with Gasteiger partial charge in [-0.25, -0.2) is 0 Å². The van der Waals surface area contributed by atoms with Crippen molar-refractivity contribution < 1.29 is 18.8 Å². The molecule has 2 atom stereocenters. The standard InChI is InChI=1S/C12H16O4S/c1-3-5-11(12(13)14)17(15)10-7-4-6-9(8-10)16-2/h4,6-8,11H,3,5H2,1-2H3,(H,13,14). The van der Waals surface area contributed by atoms with E-state index in [1.54, 1.807) is 24.3 Å². The highest BCUT2D eigenvalue weighted by atomic mass is 32.2. The lowest BCUT2D eigenvalue weighted by atomic mass is 10.2. The lowest BCUT2D eigenvalue weighted by molar-refractivity contribution is -0.136. The van der Waals surface area contributed by atoms with Gasteiger partial charge in [-0.2, -0.15) is 0 Å². The van der Waals surface area contributed by atoms with Crippen LogP contribution in [0.2, 0.25) is 0 Å². The van der Waals surface area contributed by atoms with Crippen molar-refractivity contribution >= 4 is 16.8 Å². The average molecular weight is 256 g/mol. The molecule has 0 bridgehead atoms. The minimum atomic E-state index is -1.54. The average Bonchev–Trinajstić information content (AvgIpc) is 2.34. The van der Waals surface area contributed by atoms with Gasteiger partial charge in [0.1, 0.15) is 11.0 Å². The molecule has 0 fully saturated rings. The monoisotopic (exact) mass is 256 g/mol. The van der Waals surface area contributed by atoms with E-state index in [0.29, 0.717) is 23.5 Å². The second kappa shape index (κ2) is 6.39. The maximum atomic E-state index is 12.1. The van der Waals surface area contributed by atoms with Gasteiger partial charge in [0.15, 0.2) is 0 Å². The quantitative estimate of drug-likeness (QED) is 0.846. The summed E-state index contributed by atoms with van der Waals surface area (Å²) in [4.78, 5) is 11.5. The molecule has 94 valence electrons. The first-order valence-corrected chi connectivity index (χ1v) is 6.58. The zero-order chi connectivity index (χ0) is 12.8. The Hall–Kier alpha value is -1.36. The highest BCUT2D eigenvalue weighted by molar-refractivity contribution is 7.86. The normalized spacial score (nSPS) is 14.0. The number of benzene rings is 1. The van der Waals surface area contributed by atoms with Crippen molar-refractivity contribution in [1.82, 2.24) is 0 Å². The molecule has 0 amide bonds. The van der Waals surface area contributed by atoms with Gasteiger partial charge in [0.05, 0.1) is 17.9 Å². The van der Waals surface area contributed by atoms with E-state index in [4.69, 9.17) is 9.84 Å². The molecule has 0 aromatic heterocycles.